The SMILES string of the molecule is Cc1ccc2cccc(NCC3CC=CCC3)c2n1. The maximum absolute atomic E-state index is 4.66. The van der Waals surface area contributed by atoms with Gasteiger partial charge in [-0.2, -0.15) is 0 Å². The summed E-state index contributed by atoms with van der Waals surface area (Å²) >= 11 is 0. The van der Waals surface area contributed by atoms with Crippen molar-refractivity contribution in [2.75, 3.05) is 11.9 Å². The summed E-state index contributed by atoms with van der Waals surface area (Å²) in [5.41, 5.74) is 3.33. The van der Waals surface area contributed by atoms with Crippen LogP contribution in [0.3, 0.4) is 0 Å². The number of pyridine rings is 1. The van der Waals surface area contributed by atoms with Crippen LogP contribution in [0.15, 0.2) is 42.5 Å². The number of aromatic nitrogens is 1. The average molecular weight is 252 g/mol. The number of fused-ring (bicyclic) bond motifs is 1. The monoisotopic (exact) mass is 252 g/mol. The lowest BCUT2D eigenvalue weighted by Gasteiger charge is -2.19. The topological polar surface area (TPSA) is 24.9 Å². The van der Waals surface area contributed by atoms with Gasteiger partial charge < -0.3 is 5.32 Å². The second kappa shape index (κ2) is 5.43. The summed E-state index contributed by atoms with van der Waals surface area (Å²) in [4.78, 5) is 4.66. The lowest BCUT2D eigenvalue weighted by molar-refractivity contribution is 0.504. The van der Waals surface area contributed by atoms with Crippen LogP contribution in [0.5, 0.6) is 0 Å². The summed E-state index contributed by atoms with van der Waals surface area (Å²) in [6.45, 7) is 3.08. The van der Waals surface area contributed by atoms with Crippen molar-refractivity contribution >= 4 is 16.6 Å². The van der Waals surface area contributed by atoms with Gasteiger partial charge in [-0.1, -0.05) is 30.4 Å². The van der Waals surface area contributed by atoms with E-state index in [-0.39, 0.29) is 0 Å². The zero-order chi connectivity index (χ0) is 13.1. The van der Waals surface area contributed by atoms with Crippen molar-refractivity contribution in [2.45, 2.75) is 26.2 Å². The molecule has 3 rings (SSSR count). The minimum atomic E-state index is 0.755. The molecule has 1 aliphatic rings. The zero-order valence-electron chi connectivity index (χ0n) is 11.4. The number of para-hydroxylation sites is 1. The standard InChI is InChI=1S/C17H20N2/c1-13-10-11-15-8-5-9-16(17(15)19-13)18-12-14-6-3-2-4-7-14/h2-3,5,8-11,14,18H,4,6-7,12H2,1H3. The predicted octanol–water partition coefficient (Wildman–Crippen LogP) is 4.31. The van der Waals surface area contributed by atoms with Crippen LogP contribution in [0.2, 0.25) is 0 Å². The minimum Gasteiger partial charge on any atom is -0.383 e. The molecule has 98 valence electrons. The van der Waals surface area contributed by atoms with Crippen LogP contribution >= 0.6 is 0 Å². The first kappa shape index (κ1) is 12.2. The molecule has 1 aromatic carbocycles. The molecule has 2 aromatic rings. The van der Waals surface area contributed by atoms with E-state index in [0.29, 0.717) is 0 Å². The van der Waals surface area contributed by atoms with Crippen LogP contribution in [0, 0.1) is 12.8 Å². The van der Waals surface area contributed by atoms with E-state index in [0.717, 1.165) is 29.4 Å². The van der Waals surface area contributed by atoms with Crippen molar-refractivity contribution in [3.63, 3.8) is 0 Å². The van der Waals surface area contributed by atoms with E-state index in [1.165, 1.54) is 24.6 Å². The normalized spacial score (nSPS) is 18.7. The van der Waals surface area contributed by atoms with E-state index in [1.807, 2.05) is 6.92 Å². The Morgan fingerprint density at radius 1 is 1.21 bits per heavy atom. The second-order valence-electron chi connectivity index (χ2n) is 5.36. The molecule has 0 bridgehead atoms. The summed E-state index contributed by atoms with van der Waals surface area (Å²) in [6, 6.07) is 10.6. The number of nitrogens with one attached hydrogen (secondary N) is 1. The van der Waals surface area contributed by atoms with Gasteiger partial charge in [0.05, 0.1) is 11.2 Å². The van der Waals surface area contributed by atoms with Gasteiger partial charge in [0.15, 0.2) is 0 Å². The summed E-state index contributed by atoms with van der Waals surface area (Å²) in [7, 11) is 0. The van der Waals surface area contributed by atoms with Crippen LogP contribution in [0.4, 0.5) is 5.69 Å². The summed E-state index contributed by atoms with van der Waals surface area (Å²) < 4.78 is 0. The highest BCUT2D eigenvalue weighted by Crippen LogP contribution is 2.24. The fraction of sp³-hybridized carbons (Fsp3) is 0.353. The molecule has 0 spiro atoms. The first-order chi connectivity index (χ1) is 9.33. The third kappa shape index (κ3) is 2.78. The Morgan fingerprint density at radius 3 is 3.00 bits per heavy atom. The van der Waals surface area contributed by atoms with E-state index < -0.39 is 0 Å². The lowest BCUT2D eigenvalue weighted by Crippen LogP contribution is -2.15. The summed E-state index contributed by atoms with van der Waals surface area (Å²) in [6.07, 6.45) is 8.31. The highest BCUT2D eigenvalue weighted by atomic mass is 14.9. The lowest BCUT2D eigenvalue weighted by atomic mass is 9.94. The fourth-order valence-electron chi connectivity index (χ4n) is 2.68. The molecule has 1 N–H and O–H groups in total. The highest BCUT2D eigenvalue weighted by molar-refractivity contribution is 5.90. The predicted molar refractivity (Wildman–Crippen MR) is 81.5 cm³/mol. The van der Waals surface area contributed by atoms with E-state index in [1.54, 1.807) is 0 Å². The van der Waals surface area contributed by atoms with Crippen molar-refractivity contribution in [2.24, 2.45) is 5.92 Å². The molecule has 0 saturated heterocycles. The fourth-order valence-corrected chi connectivity index (χ4v) is 2.68. The summed E-state index contributed by atoms with van der Waals surface area (Å²) in [5, 5.41) is 4.80. The molecule has 1 heterocycles. The molecule has 19 heavy (non-hydrogen) atoms. The van der Waals surface area contributed by atoms with Crippen molar-refractivity contribution in [1.29, 1.82) is 0 Å². The average Bonchev–Trinajstić information content (AvgIpc) is 2.46. The van der Waals surface area contributed by atoms with E-state index >= 15 is 0 Å². The van der Waals surface area contributed by atoms with Crippen LogP contribution in [0.25, 0.3) is 10.9 Å². The molecule has 1 aliphatic carbocycles. The van der Waals surface area contributed by atoms with Gasteiger partial charge in [-0.05, 0) is 44.2 Å². The van der Waals surface area contributed by atoms with Gasteiger partial charge in [-0.25, -0.2) is 0 Å². The number of anilines is 1. The Kier molecular flexibility index (Phi) is 3.49. The Balaban J connectivity index is 1.80. The number of hydrogen-bond donors (Lipinski definition) is 1. The number of benzene rings is 1. The number of rotatable bonds is 3. The molecule has 0 saturated carbocycles. The van der Waals surface area contributed by atoms with Gasteiger partial charge in [0.2, 0.25) is 0 Å². The molecule has 1 aromatic heterocycles. The molecule has 0 aliphatic heterocycles. The van der Waals surface area contributed by atoms with E-state index in [2.05, 4.69) is 52.8 Å². The van der Waals surface area contributed by atoms with Crippen molar-refractivity contribution in [3.8, 4) is 0 Å². The molecule has 1 atom stereocenters. The quantitative estimate of drug-likeness (QED) is 0.823. The first-order valence-electron chi connectivity index (χ1n) is 7.08. The molecule has 2 heteroatoms. The largest absolute Gasteiger partial charge is 0.383 e. The number of allylic oxidation sites excluding steroid dienone is 2. The number of aryl methyl sites for hydroxylation is 1. The van der Waals surface area contributed by atoms with Gasteiger partial charge in [0.25, 0.3) is 0 Å². The molecular formula is C17H20N2. The van der Waals surface area contributed by atoms with Gasteiger partial charge in [0.1, 0.15) is 0 Å². The van der Waals surface area contributed by atoms with Gasteiger partial charge in [0, 0.05) is 17.6 Å². The minimum absolute atomic E-state index is 0.755. The zero-order valence-corrected chi connectivity index (χ0v) is 11.4. The smallest absolute Gasteiger partial charge is 0.0936 e. The molecule has 1 unspecified atom stereocenters. The number of hydrogen-bond acceptors (Lipinski definition) is 2. The van der Waals surface area contributed by atoms with Gasteiger partial charge >= 0.3 is 0 Å². The van der Waals surface area contributed by atoms with Crippen LogP contribution < -0.4 is 5.32 Å². The second-order valence-corrected chi connectivity index (χ2v) is 5.36. The Morgan fingerprint density at radius 2 is 2.16 bits per heavy atom. The molecular weight excluding hydrogens is 232 g/mol. The van der Waals surface area contributed by atoms with E-state index in [9.17, 15) is 0 Å². The van der Waals surface area contributed by atoms with Crippen molar-refractivity contribution < 1.29 is 0 Å². The third-order valence-corrected chi connectivity index (χ3v) is 3.82. The Hall–Kier alpha value is -1.83. The van der Waals surface area contributed by atoms with Crippen molar-refractivity contribution in [1.82, 2.24) is 4.98 Å². The van der Waals surface area contributed by atoms with Crippen molar-refractivity contribution in [3.05, 3.63) is 48.2 Å². The molecule has 0 fully saturated rings. The Bertz CT molecular complexity index is 601. The summed E-state index contributed by atoms with van der Waals surface area (Å²) in [5.74, 6) is 0.755. The maximum atomic E-state index is 4.66. The van der Waals surface area contributed by atoms with Crippen LogP contribution in [-0.2, 0) is 0 Å². The maximum Gasteiger partial charge on any atom is 0.0936 e. The highest BCUT2D eigenvalue weighted by Gasteiger charge is 2.10. The van der Waals surface area contributed by atoms with Gasteiger partial charge in [-0.15, -0.1) is 0 Å². The third-order valence-electron chi connectivity index (χ3n) is 3.82. The molecule has 0 amide bonds. The van der Waals surface area contributed by atoms with E-state index in [4.69, 9.17) is 0 Å². The van der Waals surface area contributed by atoms with Gasteiger partial charge in [-0.3, -0.25) is 4.98 Å². The van der Waals surface area contributed by atoms with Crippen LogP contribution in [-0.4, -0.2) is 11.5 Å². The molecule has 2 nitrogen and oxygen atoms in total. The van der Waals surface area contributed by atoms with Crippen LogP contribution in [0.1, 0.15) is 25.0 Å². The Labute approximate surface area is 114 Å². The number of nitrogens with zero attached hydrogens (tertiary/aromatic N) is 1. The first-order valence-corrected chi connectivity index (χ1v) is 7.08. The molecule has 0 radical (unpaired) electrons.